The van der Waals surface area contributed by atoms with Crippen molar-refractivity contribution in [3.63, 3.8) is 0 Å². The van der Waals surface area contributed by atoms with Gasteiger partial charge in [-0.05, 0) is 23.6 Å². The summed E-state index contributed by atoms with van der Waals surface area (Å²) in [6.45, 7) is 13.9. The van der Waals surface area contributed by atoms with Gasteiger partial charge in [0, 0.05) is 28.9 Å². The molecule has 7 nitrogen and oxygen atoms in total. The summed E-state index contributed by atoms with van der Waals surface area (Å²) in [7, 11) is 0. The number of nitrogen functional groups attached to an aromatic ring is 1. The second-order valence-corrected chi connectivity index (χ2v) is 10.5. The lowest BCUT2D eigenvalue weighted by molar-refractivity contribution is 0.330. The maximum atomic E-state index is 15.1. The van der Waals surface area contributed by atoms with Crippen LogP contribution >= 0.6 is 0 Å². The number of benzene rings is 1. The highest BCUT2D eigenvalue weighted by Gasteiger charge is 2.23. The van der Waals surface area contributed by atoms with E-state index in [2.05, 4.69) is 61.8 Å². The molecule has 4 rings (SSSR count). The van der Waals surface area contributed by atoms with Crippen molar-refractivity contribution in [2.24, 2.45) is 15.8 Å². The summed E-state index contributed by atoms with van der Waals surface area (Å²) in [4.78, 5) is 13.1. The normalized spacial score (nSPS) is 14.6. The number of anilines is 2. The van der Waals surface area contributed by atoms with Crippen LogP contribution in [0.1, 0.15) is 41.5 Å². The molecule has 0 fully saturated rings. The molecule has 0 radical (unpaired) electrons. The van der Waals surface area contributed by atoms with Crippen LogP contribution in [0.5, 0.6) is 0 Å². The molecule has 2 aromatic heterocycles. The summed E-state index contributed by atoms with van der Waals surface area (Å²) in [5.74, 6) is -0.0442. The van der Waals surface area contributed by atoms with Crippen molar-refractivity contribution in [1.82, 2.24) is 19.7 Å². The summed E-state index contributed by atoms with van der Waals surface area (Å²) >= 11 is 0. The van der Waals surface area contributed by atoms with E-state index in [9.17, 15) is 0 Å². The van der Waals surface area contributed by atoms with Gasteiger partial charge in [-0.15, -0.1) is 0 Å². The molecule has 1 aromatic carbocycles. The molecule has 32 heavy (non-hydrogen) atoms. The zero-order valence-electron chi connectivity index (χ0n) is 19.5. The van der Waals surface area contributed by atoms with E-state index in [-0.39, 0.29) is 16.6 Å². The minimum absolute atomic E-state index is 0.0159. The fourth-order valence-electron chi connectivity index (χ4n) is 3.68. The van der Waals surface area contributed by atoms with E-state index >= 15 is 4.39 Å². The van der Waals surface area contributed by atoms with Crippen molar-refractivity contribution >= 4 is 28.3 Å². The van der Waals surface area contributed by atoms with Crippen LogP contribution in [0.4, 0.5) is 15.9 Å². The quantitative estimate of drug-likeness (QED) is 0.598. The molecule has 3 heterocycles. The molecule has 1 aliphatic rings. The number of nitrogens with zero attached hydrogens (tertiary/aromatic N) is 5. The largest absolute Gasteiger partial charge is 0.383 e. The molecule has 8 heteroatoms. The van der Waals surface area contributed by atoms with Gasteiger partial charge in [-0.3, -0.25) is 4.99 Å². The summed E-state index contributed by atoms with van der Waals surface area (Å²) < 4.78 is 16.9. The monoisotopic (exact) mass is 435 g/mol. The van der Waals surface area contributed by atoms with Crippen LogP contribution in [0.2, 0.25) is 0 Å². The molecule has 0 unspecified atom stereocenters. The standard InChI is InChI=1S/C24H30FN7/c1-23(2,3)12-32-22-19(21(26)28-13-29-22)20(31-32)14-7-8-17(16(25)9-14)30-15-10-18(27-11-15)24(4,5)6/h7-10,13,30H,11-12H2,1-6H3,(H2,26,28,29). The topological polar surface area (TPSA) is 94.0 Å². The van der Waals surface area contributed by atoms with Gasteiger partial charge in [-0.2, -0.15) is 5.10 Å². The SMILES string of the molecule is CC(C)(C)Cn1nc(-c2ccc(NC3=CC(C(C)(C)C)=NC3)c(F)c2)c2c(N)ncnc21. The van der Waals surface area contributed by atoms with E-state index in [0.29, 0.717) is 46.9 Å². The number of hydrogen-bond donors (Lipinski definition) is 2. The molecule has 3 aromatic rings. The molecule has 0 spiro atoms. The summed E-state index contributed by atoms with van der Waals surface area (Å²) in [5, 5.41) is 8.54. The molecule has 0 atom stereocenters. The number of aliphatic imine (C=N–C) groups is 1. The highest BCUT2D eigenvalue weighted by atomic mass is 19.1. The zero-order chi connectivity index (χ0) is 23.3. The van der Waals surface area contributed by atoms with Crippen molar-refractivity contribution in [2.75, 3.05) is 17.6 Å². The lowest BCUT2D eigenvalue weighted by Crippen LogP contribution is -2.16. The predicted octanol–water partition coefficient (Wildman–Crippen LogP) is 5.06. The number of rotatable bonds is 4. The summed E-state index contributed by atoms with van der Waals surface area (Å²) in [6, 6.07) is 5.02. The molecular formula is C24H30FN7. The average molecular weight is 436 g/mol. The van der Waals surface area contributed by atoms with Crippen LogP contribution in [0.3, 0.4) is 0 Å². The Morgan fingerprint density at radius 3 is 2.50 bits per heavy atom. The Balaban J connectivity index is 1.68. The van der Waals surface area contributed by atoms with Crippen molar-refractivity contribution in [2.45, 2.75) is 48.1 Å². The van der Waals surface area contributed by atoms with Gasteiger partial charge in [0.1, 0.15) is 23.7 Å². The second-order valence-electron chi connectivity index (χ2n) is 10.5. The number of nitrogens with one attached hydrogen (secondary N) is 1. The van der Waals surface area contributed by atoms with Gasteiger partial charge in [-0.1, -0.05) is 47.6 Å². The molecule has 0 saturated carbocycles. The first-order valence-electron chi connectivity index (χ1n) is 10.7. The number of nitrogens with two attached hydrogens (primary N) is 1. The van der Waals surface area contributed by atoms with E-state index in [1.165, 1.54) is 12.4 Å². The third kappa shape index (κ3) is 4.35. The van der Waals surface area contributed by atoms with Gasteiger partial charge in [-0.25, -0.2) is 19.0 Å². The first kappa shape index (κ1) is 21.9. The molecule has 0 saturated heterocycles. The summed E-state index contributed by atoms with van der Waals surface area (Å²) in [5.41, 5.74) is 10.2. The van der Waals surface area contributed by atoms with Crippen LogP contribution in [-0.2, 0) is 6.54 Å². The Labute approximate surface area is 187 Å². The van der Waals surface area contributed by atoms with Gasteiger partial charge < -0.3 is 11.1 Å². The van der Waals surface area contributed by atoms with Crippen LogP contribution in [-0.4, -0.2) is 32.0 Å². The van der Waals surface area contributed by atoms with E-state index in [4.69, 9.17) is 10.8 Å². The van der Waals surface area contributed by atoms with E-state index in [1.807, 2.05) is 16.8 Å². The van der Waals surface area contributed by atoms with Gasteiger partial charge >= 0.3 is 0 Å². The van der Waals surface area contributed by atoms with Crippen LogP contribution < -0.4 is 11.1 Å². The first-order valence-corrected chi connectivity index (χ1v) is 10.7. The minimum Gasteiger partial charge on any atom is -0.383 e. The third-order valence-corrected chi connectivity index (χ3v) is 5.22. The predicted molar refractivity (Wildman–Crippen MR) is 128 cm³/mol. The third-order valence-electron chi connectivity index (χ3n) is 5.22. The molecule has 0 aliphatic carbocycles. The Bertz CT molecular complexity index is 1240. The fourth-order valence-corrected chi connectivity index (χ4v) is 3.68. The number of allylic oxidation sites excluding steroid dienone is 1. The molecule has 1 aliphatic heterocycles. The number of fused-ring (bicyclic) bond motifs is 1. The minimum atomic E-state index is -0.374. The van der Waals surface area contributed by atoms with Gasteiger partial charge in [0.25, 0.3) is 0 Å². The Morgan fingerprint density at radius 1 is 1.12 bits per heavy atom. The molecule has 168 valence electrons. The molecule has 0 amide bonds. The van der Waals surface area contributed by atoms with Crippen LogP contribution in [0, 0.1) is 16.6 Å². The van der Waals surface area contributed by atoms with Crippen molar-refractivity contribution in [3.05, 3.63) is 42.1 Å². The van der Waals surface area contributed by atoms with Crippen LogP contribution in [0.25, 0.3) is 22.3 Å². The summed E-state index contributed by atoms with van der Waals surface area (Å²) in [6.07, 6.45) is 3.42. The Hall–Kier alpha value is -3.29. The number of aromatic nitrogens is 4. The smallest absolute Gasteiger partial charge is 0.163 e. The van der Waals surface area contributed by atoms with E-state index < -0.39 is 0 Å². The first-order chi connectivity index (χ1) is 14.9. The lowest BCUT2D eigenvalue weighted by atomic mass is 9.90. The number of hydrogen-bond acceptors (Lipinski definition) is 6. The Morgan fingerprint density at radius 2 is 1.88 bits per heavy atom. The van der Waals surface area contributed by atoms with Gasteiger partial charge in [0.05, 0.1) is 17.6 Å². The number of halogens is 1. The molecular weight excluding hydrogens is 405 g/mol. The average Bonchev–Trinajstić information content (AvgIpc) is 3.28. The lowest BCUT2D eigenvalue weighted by Gasteiger charge is -2.18. The van der Waals surface area contributed by atoms with Crippen molar-refractivity contribution < 1.29 is 4.39 Å². The highest BCUT2D eigenvalue weighted by molar-refractivity contribution is 6.01. The van der Waals surface area contributed by atoms with E-state index in [0.717, 1.165) is 11.4 Å². The fraction of sp³-hybridized carbons (Fsp3) is 0.417. The van der Waals surface area contributed by atoms with E-state index in [1.54, 1.807) is 6.07 Å². The Kier molecular flexibility index (Phi) is 5.27. The van der Waals surface area contributed by atoms with Crippen LogP contribution in [0.15, 0.2) is 41.3 Å². The van der Waals surface area contributed by atoms with Gasteiger partial charge in [0.15, 0.2) is 5.65 Å². The zero-order valence-corrected chi connectivity index (χ0v) is 19.5. The second kappa shape index (κ2) is 7.69. The van der Waals surface area contributed by atoms with Crippen molar-refractivity contribution in [3.8, 4) is 11.3 Å². The highest BCUT2D eigenvalue weighted by Crippen LogP contribution is 2.33. The van der Waals surface area contributed by atoms with Gasteiger partial charge in [0.2, 0.25) is 0 Å². The maximum absolute atomic E-state index is 15.1. The maximum Gasteiger partial charge on any atom is 0.163 e. The molecule has 0 bridgehead atoms. The van der Waals surface area contributed by atoms with Crippen molar-refractivity contribution in [1.29, 1.82) is 0 Å². The molecule has 3 N–H and O–H groups in total.